The zero-order valence-electron chi connectivity index (χ0n) is 20.1. The Hall–Kier alpha value is -4.03. The molecule has 0 saturated carbocycles. The van der Waals surface area contributed by atoms with Crippen LogP contribution in [0, 0.1) is 12.7 Å². The van der Waals surface area contributed by atoms with Gasteiger partial charge in [0.1, 0.15) is 43.7 Å². The maximum atomic E-state index is 13.2. The maximum Gasteiger partial charge on any atom is 0.161 e. The van der Waals surface area contributed by atoms with E-state index in [4.69, 9.17) is 30.5 Å². The van der Waals surface area contributed by atoms with Crippen molar-refractivity contribution in [3.63, 3.8) is 0 Å². The molecule has 0 N–H and O–H groups in total. The molecule has 0 unspecified atom stereocenters. The Kier molecular flexibility index (Phi) is 7.28. The minimum atomic E-state index is -0.326. The van der Waals surface area contributed by atoms with Crippen LogP contribution in [0.1, 0.15) is 27.0 Å². The van der Waals surface area contributed by atoms with Crippen molar-refractivity contribution in [3.8, 4) is 34.1 Å². The molecule has 0 saturated heterocycles. The van der Waals surface area contributed by atoms with Crippen LogP contribution in [0.4, 0.5) is 4.39 Å². The first-order valence-corrected chi connectivity index (χ1v) is 12.2. The molecule has 1 aliphatic heterocycles. The van der Waals surface area contributed by atoms with Crippen LogP contribution in [-0.2, 0) is 13.2 Å². The van der Waals surface area contributed by atoms with Crippen LogP contribution in [0.15, 0.2) is 72.8 Å². The van der Waals surface area contributed by atoms with Crippen LogP contribution in [0.2, 0.25) is 5.02 Å². The average molecular weight is 519 g/mol. The Morgan fingerprint density at radius 2 is 1.65 bits per heavy atom. The van der Waals surface area contributed by atoms with Crippen LogP contribution >= 0.6 is 11.6 Å². The molecule has 0 bridgehead atoms. The predicted molar refractivity (Wildman–Crippen MR) is 140 cm³/mol. The van der Waals surface area contributed by atoms with Crippen molar-refractivity contribution in [3.05, 3.63) is 106 Å². The number of benzene rings is 4. The van der Waals surface area contributed by atoms with Crippen LogP contribution in [0.25, 0.3) is 11.1 Å². The molecular weight excluding hydrogens is 495 g/mol. The van der Waals surface area contributed by atoms with E-state index in [0.29, 0.717) is 41.6 Å². The molecule has 0 radical (unpaired) electrons. The van der Waals surface area contributed by atoms with Gasteiger partial charge < -0.3 is 18.9 Å². The molecule has 0 atom stereocenters. The molecule has 37 heavy (non-hydrogen) atoms. The summed E-state index contributed by atoms with van der Waals surface area (Å²) in [6, 6.07) is 21.0. The fourth-order valence-corrected chi connectivity index (χ4v) is 4.37. The van der Waals surface area contributed by atoms with Crippen LogP contribution < -0.4 is 18.9 Å². The van der Waals surface area contributed by atoms with Gasteiger partial charge in [-0.1, -0.05) is 48.0 Å². The fourth-order valence-electron chi connectivity index (χ4n) is 4.14. The summed E-state index contributed by atoms with van der Waals surface area (Å²) in [6.45, 7) is 3.55. The standard InChI is InChI=1S/C30H24ClFO5/c1-19-22(3-2-4-25(19)21-7-10-27-30(14-21)35-12-11-34-27)18-37-29-15-28(23(16-33)13-26(29)31)36-17-20-5-8-24(32)9-6-20/h2-10,13-16H,11-12,17-18H2,1H3. The summed E-state index contributed by atoms with van der Waals surface area (Å²) in [7, 11) is 0. The van der Waals surface area contributed by atoms with Crippen molar-refractivity contribution in [2.75, 3.05) is 13.2 Å². The van der Waals surface area contributed by atoms with E-state index in [2.05, 4.69) is 6.07 Å². The van der Waals surface area contributed by atoms with Gasteiger partial charge in [0.15, 0.2) is 17.8 Å². The minimum Gasteiger partial charge on any atom is -0.488 e. The Morgan fingerprint density at radius 3 is 2.43 bits per heavy atom. The first-order chi connectivity index (χ1) is 18.0. The zero-order chi connectivity index (χ0) is 25.8. The third-order valence-electron chi connectivity index (χ3n) is 6.18. The van der Waals surface area contributed by atoms with E-state index >= 15 is 0 Å². The second-order valence-corrected chi connectivity index (χ2v) is 9.00. The molecule has 0 aliphatic carbocycles. The lowest BCUT2D eigenvalue weighted by Gasteiger charge is -2.20. The molecule has 4 aromatic rings. The summed E-state index contributed by atoms with van der Waals surface area (Å²) in [6.07, 6.45) is 0.677. The fraction of sp³-hybridized carbons (Fsp3) is 0.167. The van der Waals surface area contributed by atoms with Gasteiger partial charge in [-0.2, -0.15) is 0 Å². The smallest absolute Gasteiger partial charge is 0.161 e. The summed E-state index contributed by atoms with van der Waals surface area (Å²) >= 11 is 6.41. The lowest BCUT2D eigenvalue weighted by atomic mass is 9.96. The van der Waals surface area contributed by atoms with Crippen LogP contribution in [-0.4, -0.2) is 19.5 Å². The van der Waals surface area contributed by atoms with Gasteiger partial charge >= 0.3 is 0 Å². The highest BCUT2D eigenvalue weighted by Gasteiger charge is 2.16. The van der Waals surface area contributed by atoms with Crippen molar-refractivity contribution in [2.24, 2.45) is 0 Å². The van der Waals surface area contributed by atoms with Crippen molar-refractivity contribution in [2.45, 2.75) is 20.1 Å². The first-order valence-electron chi connectivity index (χ1n) is 11.8. The van der Waals surface area contributed by atoms with E-state index in [1.54, 1.807) is 18.2 Å². The molecule has 0 fully saturated rings. The Morgan fingerprint density at radius 1 is 0.892 bits per heavy atom. The van der Waals surface area contributed by atoms with Gasteiger partial charge in [-0.25, -0.2) is 4.39 Å². The van der Waals surface area contributed by atoms with Crippen molar-refractivity contribution in [1.82, 2.24) is 0 Å². The second-order valence-electron chi connectivity index (χ2n) is 8.59. The van der Waals surface area contributed by atoms with Gasteiger partial charge in [-0.3, -0.25) is 4.79 Å². The maximum absolute atomic E-state index is 13.2. The van der Waals surface area contributed by atoms with Gasteiger partial charge in [-0.15, -0.1) is 0 Å². The lowest BCUT2D eigenvalue weighted by Crippen LogP contribution is -2.15. The number of carbonyl (C=O) groups is 1. The number of halogens is 2. The van der Waals surface area contributed by atoms with Gasteiger partial charge in [-0.05, 0) is 65.1 Å². The normalized spacial score (nSPS) is 12.2. The molecule has 5 rings (SSSR count). The monoisotopic (exact) mass is 518 g/mol. The molecule has 0 aromatic heterocycles. The third-order valence-corrected chi connectivity index (χ3v) is 6.48. The molecule has 188 valence electrons. The number of fused-ring (bicyclic) bond motifs is 1. The Labute approximate surface area is 219 Å². The molecule has 0 spiro atoms. The van der Waals surface area contributed by atoms with Crippen LogP contribution in [0.5, 0.6) is 23.0 Å². The number of aldehydes is 1. The number of carbonyl (C=O) groups excluding carboxylic acids is 1. The van der Waals surface area contributed by atoms with Crippen molar-refractivity contribution in [1.29, 1.82) is 0 Å². The predicted octanol–water partition coefficient (Wildman–Crippen LogP) is 7.20. The molecule has 1 heterocycles. The van der Waals surface area contributed by atoms with Gasteiger partial charge in [0.2, 0.25) is 0 Å². The molecule has 7 heteroatoms. The summed E-state index contributed by atoms with van der Waals surface area (Å²) in [5, 5.41) is 0.303. The van der Waals surface area contributed by atoms with E-state index in [1.165, 1.54) is 18.2 Å². The highest BCUT2D eigenvalue weighted by molar-refractivity contribution is 6.32. The van der Waals surface area contributed by atoms with E-state index in [1.807, 2.05) is 37.3 Å². The summed E-state index contributed by atoms with van der Waals surface area (Å²) in [4.78, 5) is 11.6. The van der Waals surface area contributed by atoms with E-state index in [0.717, 1.165) is 39.3 Å². The molecule has 5 nitrogen and oxygen atoms in total. The minimum absolute atomic E-state index is 0.166. The Balaban J connectivity index is 1.34. The second kappa shape index (κ2) is 10.9. The molecule has 0 amide bonds. The highest BCUT2D eigenvalue weighted by atomic mass is 35.5. The molecule has 4 aromatic carbocycles. The Bertz CT molecular complexity index is 1440. The van der Waals surface area contributed by atoms with Gasteiger partial charge in [0.25, 0.3) is 0 Å². The number of rotatable bonds is 8. The third kappa shape index (κ3) is 5.54. The summed E-state index contributed by atoms with van der Waals surface area (Å²) in [5.41, 5.74) is 5.19. The first kappa shape index (κ1) is 24.7. The zero-order valence-corrected chi connectivity index (χ0v) is 20.9. The lowest BCUT2D eigenvalue weighted by molar-refractivity contribution is 0.111. The van der Waals surface area contributed by atoms with Crippen molar-refractivity contribution < 1.29 is 28.1 Å². The van der Waals surface area contributed by atoms with E-state index in [9.17, 15) is 9.18 Å². The quantitative estimate of drug-likeness (QED) is 0.231. The van der Waals surface area contributed by atoms with E-state index < -0.39 is 0 Å². The summed E-state index contributed by atoms with van der Waals surface area (Å²) < 4.78 is 36.5. The van der Waals surface area contributed by atoms with Crippen molar-refractivity contribution >= 4 is 17.9 Å². The van der Waals surface area contributed by atoms with E-state index in [-0.39, 0.29) is 19.0 Å². The SMILES string of the molecule is Cc1c(COc2cc(OCc3ccc(F)cc3)c(C=O)cc2Cl)cccc1-c1ccc2c(c1)OCCO2. The van der Waals surface area contributed by atoms with Crippen LogP contribution in [0.3, 0.4) is 0 Å². The topological polar surface area (TPSA) is 54.0 Å². The molecule has 1 aliphatic rings. The summed E-state index contributed by atoms with van der Waals surface area (Å²) in [5.74, 6) is 1.89. The molecular formula is C30H24ClFO5. The largest absolute Gasteiger partial charge is 0.488 e. The highest BCUT2D eigenvalue weighted by Crippen LogP contribution is 2.37. The number of hydrogen-bond donors (Lipinski definition) is 0. The average Bonchev–Trinajstić information content (AvgIpc) is 2.92. The number of hydrogen-bond acceptors (Lipinski definition) is 5. The van der Waals surface area contributed by atoms with Gasteiger partial charge in [0, 0.05) is 6.07 Å². The van der Waals surface area contributed by atoms with Gasteiger partial charge in [0.05, 0.1) is 10.6 Å². The number of ether oxygens (including phenoxy) is 4.